The van der Waals surface area contributed by atoms with E-state index in [-0.39, 0.29) is 28.2 Å². The fourth-order valence-corrected chi connectivity index (χ4v) is 3.99. The minimum absolute atomic E-state index is 0.0183. The van der Waals surface area contributed by atoms with Crippen LogP contribution in [0.25, 0.3) is 0 Å². The Morgan fingerprint density at radius 2 is 1.83 bits per heavy atom. The van der Waals surface area contributed by atoms with E-state index in [1.165, 1.54) is 36.4 Å². The van der Waals surface area contributed by atoms with Gasteiger partial charge in [-0.2, -0.15) is 5.10 Å². The number of aryl methyl sites for hydroxylation is 2. The lowest BCUT2D eigenvalue weighted by Gasteiger charge is -2.09. The molecule has 3 rings (SSSR count). The van der Waals surface area contributed by atoms with Crippen molar-refractivity contribution in [3.63, 3.8) is 0 Å². The molecule has 0 unspecified atom stereocenters. The third-order valence-corrected chi connectivity index (χ3v) is 6.88. The number of amides is 1. The molecule has 1 amide bonds. The van der Waals surface area contributed by atoms with Crippen LogP contribution >= 0.6 is 27.5 Å². The first-order chi connectivity index (χ1) is 14.2. The molecule has 1 aromatic carbocycles. The minimum atomic E-state index is -3.85. The van der Waals surface area contributed by atoms with Crippen LogP contribution in [0, 0.1) is 13.8 Å². The van der Waals surface area contributed by atoms with Crippen molar-refractivity contribution >= 4 is 55.0 Å². The second-order valence-electron chi connectivity index (χ2n) is 6.38. The van der Waals surface area contributed by atoms with Crippen LogP contribution in [0.4, 0.5) is 11.5 Å². The van der Waals surface area contributed by atoms with Crippen LogP contribution in [0.15, 0.2) is 45.8 Å². The molecular weight excluding hydrogens is 496 g/mol. The number of hydrogen-bond acceptors (Lipinski definition) is 6. The number of hydrogen-bond donors (Lipinski definition) is 2. The van der Waals surface area contributed by atoms with Gasteiger partial charge >= 0.3 is 0 Å². The number of anilines is 2. The first kappa shape index (κ1) is 22.2. The topological polar surface area (TPSA) is 119 Å². The van der Waals surface area contributed by atoms with Gasteiger partial charge in [-0.1, -0.05) is 11.6 Å². The molecule has 0 spiro atoms. The zero-order chi connectivity index (χ0) is 21.9. The lowest BCUT2D eigenvalue weighted by Crippen LogP contribution is -2.16. The molecule has 30 heavy (non-hydrogen) atoms. The fourth-order valence-electron chi connectivity index (χ4n) is 2.61. The molecule has 12 heteroatoms. The van der Waals surface area contributed by atoms with E-state index in [0.29, 0.717) is 12.2 Å². The van der Waals surface area contributed by atoms with Crippen LogP contribution in [-0.2, 0) is 21.4 Å². The van der Waals surface area contributed by atoms with E-state index < -0.39 is 10.0 Å². The average molecular weight is 514 g/mol. The van der Waals surface area contributed by atoms with Crippen molar-refractivity contribution in [3.05, 3.63) is 57.4 Å². The molecule has 2 N–H and O–H groups in total. The summed E-state index contributed by atoms with van der Waals surface area (Å²) in [4.78, 5) is 12.2. The number of sulfonamides is 1. The van der Waals surface area contributed by atoms with Crippen LogP contribution in [0.2, 0.25) is 5.15 Å². The molecule has 0 saturated heterocycles. The highest BCUT2D eigenvalue weighted by molar-refractivity contribution is 9.10. The summed E-state index contributed by atoms with van der Waals surface area (Å²) in [5.41, 5.74) is 2.30. The minimum Gasteiger partial charge on any atom is -0.326 e. The van der Waals surface area contributed by atoms with E-state index in [1.54, 1.807) is 4.68 Å². The van der Waals surface area contributed by atoms with Gasteiger partial charge in [0.05, 0.1) is 21.6 Å². The van der Waals surface area contributed by atoms with Crippen LogP contribution < -0.4 is 10.0 Å². The maximum atomic E-state index is 12.4. The predicted octanol–water partition coefficient (Wildman–Crippen LogP) is 3.54. The van der Waals surface area contributed by atoms with Crippen molar-refractivity contribution < 1.29 is 13.2 Å². The van der Waals surface area contributed by atoms with E-state index in [2.05, 4.69) is 41.3 Å². The van der Waals surface area contributed by atoms with E-state index in [4.69, 9.17) is 11.6 Å². The van der Waals surface area contributed by atoms with Crippen molar-refractivity contribution in [2.75, 3.05) is 10.0 Å². The van der Waals surface area contributed by atoms with Gasteiger partial charge in [-0.3, -0.25) is 14.2 Å². The molecule has 2 heterocycles. The zero-order valence-corrected chi connectivity index (χ0v) is 19.2. The van der Waals surface area contributed by atoms with E-state index in [9.17, 15) is 13.2 Å². The summed E-state index contributed by atoms with van der Waals surface area (Å²) in [7, 11) is -3.85. The maximum Gasteiger partial charge on any atom is 0.263 e. The number of carbonyl (C=O) groups is 1. The fraction of sp³-hybridized carbons (Fsp3) is 0.222. The molecular formula is C18H18BrClN6O3S. The first-order valence-corrected chi connectivity index (χ1v) is 11.4. The van der Waals surface area contributed by atoms with Crippen molar-refractivity contribution in [2.24, 2.45) is 0 Å². The number of nitrogens with one attached hydrogen (secondary N) is 2. The molecule has 0 bridgehead atoms. The molecule has 0 radical (unpaired) electrons. The molecule has 0 fully saturated rings. The number of benzene rings is 1. The van der Waals surface area contributed by atoms with Gasteiger partial charge in [-0.05, 0) is 66.2 Å². The standard InChI is InChI=1S/C18H18BrClN6O3S/c1-11-18(19)12(2)26(24-11)10-9-17(27)21-13-3-5-14(6-4-13)30(28,29)25-16-8-7-15(20)22-23-16/h3-8H,9-10H2,1-2H3,(H,21,27)(H,23,25). The maximum absolute atomic E-state index is 12.4. The van der Waals surface area contributed by atoms with Crippen LogP contribution in [0.1, 0.15) is 17.8 Å². The Bertz CT molecular complexity index is 1160. The molecule has 9 nitrogen and oxygen atoms in total. The van der Waals surface area contributed by atoms with Gasteiger partial charge in [0, 0.05) is 17.8 Å². The third-order valence-electron chi connectivity index (χ3n) is 4.16. The second-order valence-corrected chi connectivity index (χ2v) is 9.24. The SMILES string of the molecule is Cc1nn(CCC(=O)Nc2ccc(S(=O)(=O)Nc3ccc(Cl)nn3)cc2)c(C)c1Br. The van der Waals surface area contributed by atoms with Crippen molar-refractivity contribution in [1.29, 1.82) is 0 Å². The largest absolute Gasteiger partial charge is 0.326 e. The quantitative estimate of drug-likeness (QED) is 0.499. The van der Waals surface area contributed by atoms with Crippen molar-refractivity contribution in [1.82, 2.24) is 20.0 Å². The van der Waals surface area contributed by atoms with Gasteiger partial charge in [0.2, 0.25) is 5.91 Å². The molecule has 0 saturated carbocycles. The van der Waals surface area contributed by atoms with Gasteiger partial charge in [0.1, 0.15) is 0 Å². The van der Waals surface area contributed by atoms with Gasteiger partial charge in [0.15, 0.2) is 11.0 Å². The highest BCUT2D eigenvalue weighted by Crippen LogP contribution is 2.20. The van der Waals surface area contributed by atoms with Crippen LogP contribution in [-0.4, -0.2) is 34.3 Å². The summed E-state index contributed by atoms with van der Waals surface area (Å²) in [6, 6.07) is 8.64. The smallest absolute Gasteiger partial charge is 0.263 e. The van der Waals surface area contributed by atoms with Gasteiger partial charge in [-0.15, -0.1) is 10.2 Å². The number of carbonyl (C=O) groups excluding carboxylic acids is 1. The Labute approximate surface area is 187 Å². The van der Waals surface area contributed by atoms with Gasteiger partial charge in [0.25, 0.3) is 10.0 Å². The van der Waals surface area contributed by atoms with Gasteiger partial charge < -0.3 is 5.32 Å². The number of aromatic nitrogens is 4. The lowest BCUT2D eigenvalue weighted by atomic mass is 10.3. The van der Waals surface area contributed by atoms with E-state index >= 15 is 0 Å². The predicted molar refractivity (Wildman–Crippen MR) is 117 cm³/mol. The Hall–Kier alpha value is -2.50. The summed E-state index contributed by atoms with van der Waals surface area (Å²) in [6.45, 7) is 4.24. The first-order valence-electron chi connectivity index (χ1n) is 8.77. The number of nitrogens with zero attached hydrogens (tertiary/aromatic N) is 4. The molecule has 3 aromatic rings. The van der Waals surface area contributed by atoms with E-state index in [1.807, 2.05) is 13.8 Å². The van der Waals surface area contributed by atoms with Crippen LogP contribution in [0.5, 0.6) is 0 Å². The Kier molecular flexibility index (Phi) is 6.74. The van der Waals surface area contributed by atoms with Crippen molar-refractivity contribution in [2.45, 2.75) is 31.7 Å². The Balaban J connectivity index is 1.60. The normalized spacial score (nSPS) is 11.3. The highest BCUT2D eigenvalue weighted by Gasteiger charge is 2.16. The van der Waals surface area contributed by atoms with Crippen molar-refractivity contribution in [3.8, 4) is 0 Å². The molecule has 0 aliphatic heterocycles. The summed E-state index contributed by atoms with van der Waals surface area (Å²) in [5, 5.41) is 14.5. The molecule has 2 aromatic heterocycles. The Morgan fingerprint density at radius 3 is 2.40 bits per heavy atom. The molecule has 0 atom stereocenters. The molecule has 158 valence electrons. The van der Waals surface area contributed by atoms with Gasteiger partial charge in [-0.25, -0.2) is 8.42 Å². The zero-order valence-electron chi connectivity index (χ0n) is 16.1. The average Bonchev–Trinajstić information content (AvgIpc) is 2.95. The summed E-state index contributed by atoms with van der Waals surface area (Å²) >= 11 is 9.10. The summed E-state index contributed by atoms with van der Waals surface area (Å²) in [6.07, 6.45) is 0.227. The lowest BCUT2D eigenvalue weighted by molar-refractivity contribution is -0.116. The van der Waals surface area contributed by atoms with E-state index in [0.717, 1.165) is 15.9 Å². The Morgan fingerprint density at radius 1 is 1.13 bits per heavy atom. The second kappa shape index (κ2) is 9.11. The summed E-state index contributed by atoms with van der Waals surface area (Å²) < 4.78 is 29.9. The number of halogens is 2. The molecule has 0 aliphatic rings. The summed E-state index contributed by atoms with van der Waals surface area (Å²) in [5.74, 6) is -0.156. The monoisotopic (exact) mass is 512 g/mol. The third kappa shape index (κ3) is 5.35. The highest BCUT2D eigenvalue weighted by atomic mass is 79.9. The van der Waals surface area contributed by atoms with Crippen LogP contribution in [0.3, 0.4) is 0 Å². The number of rotatable bonds is 7. The molecule has 0 aliphatic carbocycles.